The zero-order chi connectivity index (χ0) is 15.4. The fourth-order valence-corrected chi connectivity index (χ4v) is 2.71. The molecule has 0 saturated heterocycles. The lowest BCUT2D eigenvalue weighted by molar-refractivity contribution is 0.592. The first-order valence-corrected chi connectivity index (χ1v) is 7.56. The quantitative estimate of drug-likeness (QED) is 0.778. The van der Waals surface area contributed by atoms with E-state index in [-0.39, 0.29) is 0 Å². The normalized spacial score (nSPS) is 12.3. The molecule has 0 spiro atoms. The summed E-state index contributed by atoms with van der Waals surface area (Å²) >= 11 is 0. The van der Waals surface area contributed by atoms with Gasteiger partial charge in [-0.3, -0.25) is 4.68 Å². The Morgan fingerprint density at radius 1 is 1.00 bits per heavy atom. The van der Waals surface area contributed by atoms with Gasteiger partial charge in [-0.2, -0.15) is 5.10 Å². The van der Waals surface area contributed by atoms with E-state index < -0.39 is 0 Å². The fraction of sp³-hybridized carbons (Fsp3) is 0.211. The number of hydrogen-bond donors (Lipinski definition) is 1. The number of aryl methyl sites for hydroxylation is 1. The fourth-order valence-electron chi connectivity index (χ4n) is 2.71. The van der Waals surface area contributed by atoms with Crippen molar-refractivity contribution < 1.29 is 0 Å². The van der Waals surface area contributed by atoms with Gasteiger partial charge in [0.1, 0.15) is 0 Å². The molecule has 1 unspecified atom stereocenters. The van der Waals surface area contributed by atoms with Crippen LogP contribution in [-0.2, 0) is 13.5 Å². The predicted octanol–water partition coefficient (Wildman–Crippen LogP) is 3.59. The summed E-state index contributed by atoms with van der Waals surface area (Å²) in [6, 6.07) is 19.7. The lowest BCUT2D eigenvalue weighted by Crippen LogP contribution is -2.18. The summed E-state index contributed by atoms with van der Waals surface area (Å²) in [5.41, 5.74) is 5.01. The summed E-state index contributed by atoms with van der Waals surface area (Å²) in [5, 5.41) is 7.63. The molecule has 3 nitrogen and oxygen atoms in total. The first-order chi connectivity index (χ1) is 10.8. The molecule has 3 rings (SSSR count). The van der Waals surface area contributed by atoms with Crippen molar-refractivity contribution in [3.05, 3.63) is 78.1 Å². The summed E-state index contributed by atoms with van der Waals surface area (Å²) in [5.74, 6) is 0. The second-order valence-corrected chi connectivity index (χ2v) is 5.56. The molecule has 0 aliphatic rings. The first-order valence-electron chi connectivity index (χ1n) is 7.56. The van der Waals surface area contributed by atoms with Gasteiger partial charge in [0.15, 0.2) is 0 Å². The van der Waals surface area contributed by atoms with E-state index in [9.17, 15) is 0 Å². The van der Waals surface area contributed by atoms with Crippen LogP contribution in [0.4, 0.5) is 0 Å². The number of benzene rings is 2. The van der Waals surface area contributed by atoms with Crippen LogP contribution < -0.4 is 5.32 Å². The summed E-state index contributed by atoms with van der Waals surface area (Å²) in [4.78, 5) is 0. The number of nitrogens with zero attached hydrogens (tertiary/aromatic N) is 2. The van der Waals surface area contributed by atoms with Crippen molar-refractivity contribution in [1.82, 2.24) is 15.1 Å². The molecule has 0 aliphatic carbocycles. The Morgan fingerprint density at radius 3 is 2.32 bits per heavy atom. The predicted molar refractivity (Wildman–Crippen MR) is 90.6 cm³/mol. The van der Waals surface area contributed by atoms with Gasteiger partial charge in [-0.1, -0.05) is 54.6 Å². The number of aromatic nitrogens is 2. The van der Waals surface area contributed by atoms with E-state index in [1.54, 1.807) is 0 Å². The standard InChI is InChI=1S/C19H21N3/c1-20-19(17-6-4-3-5-7-17)12-15-8-10-16(11-9-15)18-13-21-22(2)14-18/h3-11,13-14,19-20H,12H2,1-2H3. The molecule has 112 valence electrons. The van der Waals surface area contributed by atoms with Crippen molar-refractivity contribution in [1.29, 1.82) is 0 Å². The van der Waals surface area contributed by atoms with Crippen molar-refractivity contribution in [2.75, 3.05) is 7.05 Å². The van der Waals surface area contributed by atoms with Gasteiger partial charge in [0.05, 0.1) is 6.20 Å². The molecular weight excluding hydrogens is 270 g/mol. The molecule has 22 heavy (non-hydrogen) atoms. The van der Waals surface area contributed by atoms with E-state index in [0.717, 1.165) is 12.0 Å². The molecule has 0 amide bonds. The Kier molecular flexibility index (Phi) is 4.35. The summed E-state index contributed by atoms with van der Waals surface area (Å²) in [7, 11) is 3.96. The van der Waals surface area contributed by atoms with Crippen LogP contribution in [0.2, 0.25) is 0 Å². The first kappa shape index (κ1) is 14.5. The molecule has 1 atom stereocenters. The van der Waals surface area contributed by atoms with Crippen molar-refractivity contribution in [3.8, 4) is 11.1 Å². The van der Waals surface area contributed by atoms with E-state index >= 15 is 0 Å². The Hall–Kier alpha value is -2.39. The van der Waals surface area contributed by atoms with Crippen LogP contribution in [0.1, 0.15) is 17.2 Å². The van der Waals surface area contributed by atoms with E-state index in [4.69, 9.17) is 0 Å². The number of nitrogens with one attached hydrogen (secondary N) is 1. The van der Waals surface area contributed by atoms with Gasteiger partial charge >= 0.3 is 0 Å². The number of likely N-dealkylation sites (N-methyl/N-ethyl adjacent to an activating group) is 1. The minimum atomic E-state index is 0.338. The zero-order valence-electron chi connectivity index (χ0n) is 13.0. The summed E-state index contributed by atoms with van der Waals surface area (Å²) < 4.78 is 1.83. The minimum Gasteiger partial charge on any atom is -0.313 e. The molecular formula is C19H21N3. The number of rotatable bonds is 5. The Balaban J connectivity index is 1.75. The molecule has 3 aromatic rings. The van der Waals surface area contributed by atoms with E-state index in [1.165, 1.54) is 16.7 Å². The molecule has 0 saturated carbocycles. The van der Waals surface area contributed by atoms with Crippen molar-refractivity contribution in [3.63, 3.8) is 0 Å². The second-order valence-electron chi connectivity index (χ2n) is 5.56. The lowest BCUT2D eigenvalue weighted by Gasteiger charge is -2.17. The van der Waals surface area contributed by atoms with E-state index in [0.29, 0.717) is 6.04 Å². The molecule has 2 aromatic carbocycles. The maximum absolute atomic E-state index is 4.22. The molecule has 1 N–H and O–H groups in total. The highest BCUT2D eigenvalue weighted by atomic mass is 15.2. The Morgan fingerprint density at radius 2 is 1.73 bits per heavy atom. The molecule has 3 heteroatoms. The zero-order valence-corrected chi connectivity index (χ0v) is 13.0. The van der Waals surface area contributed by atoms with Crippen molar-refractivity contribution >= 4 is 0 Å². The van der Waals surface area contributed by atoms with Gasteiger partial charge in [0.25, 0.3) is 0 Å². The monoisotopic (exact) mass is 291 g/mol. The van der Waals surface area contributed by atoms with Gasteiger partial charge in [-0.25, -0.2) is 0 Å². The highest BCUT2D eigenvalue weighted by Gasteiger charge is 2.09. The second kappa shape index (κ2) is 6.58. The third kappa shape index (κ3) is 3.26. The largest absolute Gasteiger partial charge is 0.313 e. The third-order valence-electron chi connectivity index (χ3n) is 3.98. The van der Waals surface area contributed by atoms with Gasteiger partial charge in [-0.15, -0.1) is 0 Å². The summed E-state index contributed by atoms with van der Waals surface area (Å²) in [6.45, 7) is 0. The molecule has 1 heterocycles. The van der Waals surface area contributed by atoms with Crippen LogP contribution in [0.25, 0.3) is 11.1 Å². The van der Waals surface area contributed by atoms with Gasteiger partial charge in [0, 0.05) is 24.8 Å². The van der Waals surface area contributed by atoms with Crippen molar-refractivity contribution in [2.45, 2.75) is 12.5 Å². The van der Waals surface area contributed by atoms with Crippen LogP contribution >= 0.6 is 0 Å². The average molecular weight is 291 g/mol. The van der Waals surface area contributed by atoms with Crippen LogP contribution in [0, 0.1) is 0 Å². The number of hydrogen-bond acceptors (Lipinski definition) is 2. The maximum Gasteiger partial charge on any atom is 0.0568 e. The summed E-state index contributed by atoms with van der Waals surface area (Å²) in [6.07, 6.45) is 4.92. The smallest absolute Gasteiger partial charge is 0.0568 e. The van der Waals surface area contributed by atoms with Crippen LogP contribution in [0.5, 0.6) is 0 Å². The van der Waals surface area contributed by atoms with Gasteiger partial charge in [0.2, 0.25) is 0 Å². The van der Waals surface area contributed by atoms with Crippen molar-refractivity contribution in [2.24, 2.45) is 7.05 Å². The Bertz CT molecular complexity index is 714. The molecule has 0 aliphatic heterocycles. The van der Waals surface area contributed by atoms with Gasteiger partial charge < -0.3 is 5.32 Å². The lowest BCUT2D eigenvalue weighted by atomic mass is 9.97. The molecule has 1 aromatic heterocycles. The molecule has 0 fully saturated rings. The van der Waals surface area contributed by atoms with Crippen LogP contribution in [0.15, 0.2) is 67.0 Å². The minimum absolute atomic E-state index is 0.338. The Labute approximate surface area is 131 Å². The van der Waals surface area contributed by atoms with E-state index in [2.05, 4.69) is 65.0 Å². The van der Waals surface area contributed by atoms with Crippen LogP contribution in [-0.4, -0.2) is 16.8 Å². The van der Waals surface area contributed by atoms with E-state index in [1.807, 2.05) is 31.2 Å². The SMILES string of the molecule is CNC(Cc1ccc(-c2cnn(C)c2)cc1)c1ccccc1. The molecule has 0 radical (unpaired) electrons. The van der Waals surface area contributed by atoms with Gasteiger partial charge in [-0.05, 0) is 30.2 Å². The highest BCUT2D eigenvalue weighted by molar-refractivity contribution is 5.61. The van der Waals surface area contributed by atoms with Crippen LogP contribution in [0.3, 0.4) is 0 Å². The highest BCUT2D eigenvalue weighted by Crippen LogP contribution is 2.22. The molecule has 0 bridgehead atoms. The third-order valence-corrected chi connectivity index (χ3v) is 3.98. The average Bonchev–Trinajstić information content (AvgIpc) is 3.00. The topological polar surface area (TPSA) is 29.9 Å². The maximum atomic E-state index is 4.22.